The summed E-state index contributed by atoms with van der Waals surface area (Å²) in [5.74, 6) is -0.344. The van der Waals surface area contributed by atoms with E-state index in [2.05, 4.69) is 20.8 Å². The maximum Gasteiger partial charge on any atom is 0.239 e. The van der Waals surface area contributed by atoms with Gasteiger partial charge in [0, 0.05) is 18.3 Å². The summed E-state index contributed by atoms with van der Waals surface area (Å²) in [7, 11) is -3.07. The van der Waals surface area contributed by atoms with E-state index in [1.807, 2.05) is 31.2 Å². The molecule has 2 amide bonds. The van der Waals surface area contributed by atoms with E-state index < -0.39 is 9.84 Å². The standard InChI is InChI=1S/C19H25N5O4S3/c1-3-24(10-16(25)20-15-7-8-31(27,28)12-15)17(26)11-29-19-23-22-18(30-19)21-14-6-4-5-13(2)9-14/h4-6,9,15H,3,7-8,10-12H2,1-2H3,(H,20,25)(H,21,22). The van der Waals surface area contributed by atoms with Crippen molar-refractivity contribution >= 4 is 55.6 Å². The summed E-state index contributed by atoms with van der Waals surface area (Å²) >= 11 is 2.62. The van der Waals surface area contributed by atoms with Crippen LogP contribution in [0.2, 0.25) is 0 Å². The Kier molecular flexibility index (Phi) is 7.89. The average molecular weight is 484 g/mol. The topological polar surface area (TPSA) is 121 Å². The van der Waals surface area contributed by atoms with Gasteiger partial charge in [0.2, 0.25) is 16.9 Å². The van der Waals surface area contributed by atoms with E-state index >= 15 is 0 Å². The van der Waals surface area contributed by atoms with Crippen LogP contribution in [0.1, 0.15) is 18.9 Å². The largest absolute Gasteiger partial charge is 0.351 e. The lowest BCUT2D eigenvalue weighted by molar-refractivity contribution is -0.134. The molecular weight excluding hydrogens is 458 g/mol. The van der Waals surface area contributed by atoms with Crippen molar-refractivity contribution in [1.82, 2.24) is 20.4 Å². The van der Waals surface area contributed by atoms with E-state index in [-0.39, 0.29) is 41.7 Å². The quantitative estimate of drug-likeness (QED) is 0.518. The van der Waals surface area contributed by atoms with E-state index in [0.29, 0.717) is 22.4 Å². The molecule has 1 atom stereocenters. The van der Waals surface area contributed by atoms with E-state index in [9.17, 15) is 18.0 Å². The van der Waals surface area contributed by atoms with Gasteiger partial charge in [0.25, 0.3) is 0 Å². The molecule has 9 nitrogen and oxygen atoms in total. The van der Waals surface area contributed by atoms with Gasteiger partial charge in [-0.3, -0.25) is 9.59 Å². The van der Waals surface area contributed by atoms with Crippen LogP contribution in [0.4, 0.5) is 10.8 Å². The summed E-state index contributed by atoms with van der Waals surface area (Å²) in [4.78, 5) is 26.2. The third-order valence-electron chi connectivity index (χ3n) is 4.66. The van der Waals surface area contributed by atoms with Gasteiger partial charge in [-0.25, -0.2) is 8.42 Å². The zero-order chi connectivity index (χ0) is 22.4. The maximum absolute atomic E-state index is 12.5. The van der Waals surface area contributed by atoms with E-state index in [0.717, 1.165) is 11.3 Å². The maximum atomic E-state index is 12.5. The summed E-state index contributed by atoms with van der Waals surface area (Å²) in [6.07, 6.45) is 0.417. The number of sulfone groups is 1. The SMILES string of the molecule is CCN(CC(=O)NC1CCS(=O)(=O)C1)C(=O)CSc1nnc(Nc2cccc(C)c2)s1. The van der Waals surface area contributed by atoms with Gasteiger partial charge >= 0.3 is 0 Å². The highest BCUT2D eigenvalue weighted by Crippen LogP contribution is 2.28. The highest BCUT2D eigenvalue weighted by molar-refractivity contribution is 8.01. The minimum Gasteiger partial charge on any atom is -0.351 e. The fourth-order valence-corrected chi connectivity index (χ4v) is 6.46. The monoisotopic (exact) mass is 483 g/mol. The number of carbonyl (C=O) groups is 2. The highest BCUT2D eigenvalue weighted by atomic mass is 32.2. The molecule has 3 rings (SSSR count). The minimum atomic E-state index is -3.07. The lowest BCUT2D eigenvalue weighted by atomic mass is 10.2. The van der Waals surface area contributed by atoms with Crippen LogP contribution in [0.25, 0.3) is 0 Å². The molecule has 2 heterocycles. The molecule has 1 aliphatic heterocycles. The predicted molar refractivity (Wildman–Crippen MR) is 123 cm³/mol. The number of nitrogens with one attached hydrogen (secondary N) is 2. The van der Waals surface area contributed by atoms with Gasteiger partial charge in [-0.05, 0) is 38.0 Å². The van der Waals surface area contributed by atoms with Crippen molar-refractivity contribution in [3.05, 3.63) is 29.8 Å². The van der Waals surface area contributed by atoms with Crippen LogP contribution in [0.3, 0.4) is 0 Å². The normalized spacial score (nSPS) is 17.3. The minimum absolute atomic E-state index is 0.0371. The lowest BCUT2D eigenvalue weighted by Gasteiger charge is -2.21. The van der Waals surface area contributed by atoms with Crippen LogP contribution in [0.15, 0.2) is 28.6 Å². The highest BCUT2D eigenvalue weighted by Gasteiger charge is 2.29. The predicted octanol–water partition coefficient (Wildman–Crippen LogP) is 1.83. The van der Waals surface area contributed by atoms with Gasteiger partial charge in [0.1, 0.15) is 0 Å². The molecule has 2 N–H and O–H groups in total. The molecule has 1 unspecified atom stereocenters. The summed E-state index contributed by atoms with van der Waals surface area (Å²) in [6, 6.07) is 7.53. The summed E-state index contributed by atoms with van der Waals surface area (Å²) in [5, 5.41) is 14.7. The molecule has 0 radical (unpaired) electrons. The summed E-state index contributed by atoms with van der Waals surface area (Å²) < 4.78 is 23.7. The van der Waals surface area contributed by atoms with Crippen molar-refractivity contribution in [2.24, 2.45) is 0 Å². The first kappa shape index (κ1) is 23.5. The molecule has 1 saturated heterocycles. The van der Waals surface area contributed by atoms with Gasteiger partial charge in [-0.15, -0.1) is 10.2 Å². The zero-order valence-electron chi connectivity index (χ0n) is 17.3. The van der Waals surface area contributed by atoms with Crippen LogP contribution < -0.4 is 10.6 Å². The number of aryl methyl sites for hydroxylation is 1. The molecule has 0 aliphatic carbocycles. The Bertz CT molecular complexity index is 1040. The Morgan fingerprint density at radius 2 is 2.13 bits per heavy atom. The number of thioether (sulfide) groups is 1. The lowest BCUT2D eigenvalue weighted by Crippen LogP contribution is -2.45. The number of likely N-dealkylation sites (N-methyl/N-ethyl adjacent to an activating group) is 1. The van der Waals surface area contributed by atoms with E-state index in [1.54, 1.807) is 6.92 Å². The smallest absolute Gasteiger partial charge is 0.239 e. The first-order valence-electron chi connectivity index (χ1n) is 9.81. The number of hydrogen-bond acceptors (Lipinski definition) is 9. The second kappa shape index (κ2) is 10.4. The number of rotatable bonds is 9. The molecule has 1 fully saturated rings. The molecule has 0 bridgehead atoms. The summed E-state index contributed by atoms with van der Waals surface area (Å²) in [5.41, 5.74) is 2.05. The van der Waals surface area contributed by atoms with Gasteiger partial charge < -0.3 is 15.5 Å². The average Bonchev–Trinajstić information content (AvgIpc) is 3.29. The molecule has 168 valence electrons. The van der Waals surface area contributed by atoms with Crippen molar-refractivity contribution in [3.63, 3.8) is 0 Å². The van der Waals surface area contributed by atoms with Crippen LogP contribution in [-0.2, 0) is 19.4 Å². The molecule has 2 aromatic rings. The van der Waals surface area contributed by atoms with Gasteiger partial charge in [0.05, 0.1) is 23.8 Å². The van der Waals surface area contributed by atoms with Crippen LogP contribution in [0.5, 0.6) is 0 Å². The third kappa shape index (κ3) is 7.18. The van der Waals surface area contributed by atoms with Crippen molar-refractivity contribution in [2.45, 2.75) is 30.6 Å². The molecule has 0 spiro atoms. The number of anilines is 2. The first-order chi connectivity index (χ1) is 14.7. The number of amides is 2. The number of benzene rings is 1. The number of nitrogens with zero attached hydrogens (tertiary/aromatic N) is 3. The Hall–Kier alpha value is -2.18. The van der Waals surface area contributed by atoms with Crippen molar-refractivity contribution in [1.29, 1.82) is 0 Å². The number of aromatic nitrogens is 2. The zero-order valence-corrected chi connectivity index (χ0v) is 19.8. The van der Waals surface area contributed by atoms with Crippen LogP contribution in [0, 0.1) is 6.92 Å². The Morgan fingerprint density at radius 3 is 2.81 bits per heavy atom. The number of carbonyl (C=O) groups excluding carboxylic acids is 2. The van der Waals surface area contributed by atoms with E-state index in [4.69, 9.17) is 0 Å². The molecule has 1 aromatic carbocycles. The molecule has 1 aromatic heterocycles. The van der Waals surface area contributed by atoms with Gasteiger partial charge in [-0.1, -0.05) is 35.2 Å². The number of hydrogen-bond donors (Lipinski definition) is 2. The van der Waals surface area contributed by atoms with Crippen LogP contribution >= 0.6 is 23.1 Å². The fraction of sp³-hybridized carbons (Fsp3) is 0.474. The Morgan fingerprint density at radius 1 is 1.32 bits per heavy atom. The molecular formula is C19H25N5O4S3. The molecule has 1 aliphatic rings. The van der Waals surface area contributed by atoms with E-state index in [1.165, 1.54) is 28.0 Å². The van der Waals surface area contributed by atoms with Gasteiger partial charge in [-0.2, -0.15) is 0 Å². The molecule has 0 saturated carbocycles. The first-order valence-corrected chi connectivity index (χ1v) is 13.4. The van der Waals surface area contributed by atoms with Crippen molar-refractivity contribution in [2.75, 3.05) is 35.7 Å². The van der Waals surface area contributed by atoms with Crippen molar-refractivity contribution in [3.8, 4) is 0 Å². The molecule has 12 heteroatoms. The second-order valence-electron chi connectivity index (χ2n) is 7.23. The van der Waals surface area contributed by atoms with Crippen molar-refractivity contribution < 1.29 is 18.0 Å². The second-order valence-corrected chi connectivity index (χ2v) is 11.7. The Balaban J connectivity index is 1.46. The third-order valence-corrected chi connectivity index (χ3v) is 8.39. The molecule has 31 heavy (non-hydrogen) atoms. The van der Waals surface area contributed by atoms with Crippen LogP contribution in [-0.4, -0.2) is 71.7 Å². The summed E-state index contributed by atoms with van der Waals surface area (Å²) in [6.45, 7) is 4.09. The fourth-order valence-electron chi connectivity index (χ4n) is 3.11. The van der Waals surface area contributed by atoms with Gasteiger partial charge in [0.15, 0.2) is 14.2 Å². The Labute approximate surface area is 189 Å².